The molecule has 1 atom stereocenters. The first-order chi connectivity index (χ1) is 6.14. The Morgan fingerprint density at radius 2 is 2.31 bits per heavy atom. The highest BCUT2D eigenvalue weighted by atomic mass is 16.7. The van der Waals surface area contributed by atoms with Gasteiger partial charge in [-0.1, -0.05) is 12.2 Å². The molecule has 1 aliphatic heterocycles. The van der Waals surface area contributed by atoms with E-state index >= 15 is 0 Å². The Bertz CT molecular complexity index is 175. The van der Waals surface area contributed by atoms with Crippen molar-refractivity contribution in [2.24, 2.45) is 0 Å². The van der Waals surface area contributed by atoms with Crippen LogP contribution in [-0.4, -0.2) is 31.7 Å². The van der Waals surface area contributed by atoms with E-state index in [2.05, 4.69) is 0 Å². The van der Waals surface area contributed by atoms with Crippen molar-refractivity contribution < 1.29 is 14.2 Å². The van der Waals surface area contributed by atoms with Crippen molar-refractivity contribution >= 4 is 0 Å². The van der Waals surface area contributed by atoms with E-state index in [0.717, 1.165) is 0 Å². The highest BCUT2D eigenvalue weighted by Gasteiger charge is 2.32. The lowest BCUT2D eigenvalue weighted by Crippen LogP contribution is -2.24. The van der Waals surface area contributed by atoms with E-state index in [-0.39, 0.29) is 6.10 Å². The van der Waals surface area contributed by atoms with Crippen molar-refractivity contribution in [1.82, 2.24) is 0 Å². The number of allylic oxidation sites excluding steroid dienone is 1. The summed E-state index contributed by atoms with van der Waals surface area (Å²) in [6, 6.07) is 0. The summed E-state index contributed by atoms with van der Waals surface area (Å²) in [5.41, 5.74) is 0. The van der Waals surface area contributed by atoms with Crippen LogP contribution >= 0.6 is 0 Å². The summed E-state index contributed by atoms with van der Waals surface area (Å²) < 4.78 is 16.3. The molecule has 0 bridgehead atoms. The van der Waals surface area contributed by atoms with Crippen molar-refractivity contribution in [3.63, 3.8) is 0 Å². The Balaban J connectivity index is 2.10. The molecule has 1 saturated heterocycles. The van der Waals surface area contributed by atoms with Crippen molar-refractivity contribution in [2.75, 3.05) is 19.8 Å². The van der Waals surface area contributed by atoms with Crippen LogP contribution in [0.1, 0.15) is 20.8 Å². The third kappa shape index (κ3) is 3.89. The van der Waals surface area contributed by atoms with Gasteiger partial charge in [0.15, 0.2) is 5.79 Å². The lowest BCUT2D eigenvalue weighted by molar-refractivity contribution is -0.144. The zero-order valence-corrected chi connectivity index (χ0v) is 8.58. The molecule has 0 aromatic carbocycles. The van der Waals surface area contributed by atoms with Gasteiger partial charge in [0.25, 0.3) is 0 Å². The zero-order valence-electron chi connectivity index (χ0n) is 8.58. The van der Waals surface area contributed by atoms with E-state index in [1.54, 1.807) is 0 Å². The number of rotatable bonds is 4. The van der Waals surface area contributed by atoms with Gasteiger partial charge >= 0.3 is 0 Å². The monoisotopic (exact) mass is 186 g/mol. The lowest BCUT2D eigenvalue weighted by Gasteiger charge is -2.16. The van der Waals surface area contributed by atoms with E-state index in [0.29, 0.717) is 19.8 Å². The van der Waals surface area contributed by atoms with Gasteiger partial charge in [0.05, 0.1) is 19.8 Å². The molecule has 0 amide bonds. The lowest BCUT2D eigenvalue weighted by atomic mass is 10.4. The fourth-order valence-electron chi connectivity index (χ4n) is 1.21. The number of hydrogen-bond acceptors (Lipinski definition) is 3. The van der Waals surface area contributed by atoms with Crippen LogP contribution in [0.15, 0.2) is 12.2 Å². The minimum absolute atomic E-state index is 0.0836. The maximum Gasteiger partial charge on any atom is 0.163 e. The SMILES string of the molecule is C/C=C\COCC1COC(C)(C)O1. The van der Waals surface area contributed by atoms with Crippen LogP contribution in [0, 0.1) is 0 Å². The molecule has 13 heavy (non-hydrogen) atoms. The predicted octanol–water partition coefficient (Wildman–Crippen LogP) is 1.73. The van der Waals surface area contributed by atoms with Crippen LogP contribution in [0.25, 0.3) is 0 Å². The van der Waals surface area contributed by atoms with Gasteiger partial charge in [0.1, 0.15) is 6.10 Å². The molecule has 0 aliphatic carbocycles. The first-order valence-corrected chi connectivity index (χ1v) is 4.65. The quantitative estimate of drug-likeness (QED) is 0.494. The van der Waals surface area contributed by atoms with Crippen LogP contribution in [-0.2, 0) is 14.2 Å². The van der Waals surface area contributed by atoms with E-state index < -0.39 is 5.79 Å². The molecule has 1 heterocycles. The zero-order chi connectivity index (χ0) is 9.73. The van der Waals surface area contributed by atoms with Gasteiger partial charge < -0.3 is 14.2 Å². The summed E-state index contributed by atoms with van der Waals surface area (Å²) in [7, 11) is 0. The van der Waals surface area contributed by atoms with Crippen molar-refractivity contribution in [3.8, 4) is 0 Å². The molecule has 1 aliphatic rings. The molecule has 1 unspecified atom stereocenters. The van der Waals surface area contributed by atoms with Gasteiger partial charge in [0.2, 0.25) is 0 Å². The molecule has 0 aromatic rings. The van der Waals surface area contributed by atoms with Gasteiger partial charge in [0, 0.05) is 0 Å². The summed E-state index contributed by atoms with van der Waals surface area (Å²) in [5, 5.41) is 0. The third-order valence-electron chi connectivity index (χ3n) is 1.82. The standard InChI is InChI=1S/C10H18O3/c1-4-5-6-11-7-9-8-12-10(2,3)13-9/h4-5,9H,6-8H2,1-3H3/b5-4-. The van der Waals surface area contributed by atoms with Crippen LogP contribution in [0.4, 0.5) is 0 Å². The first kappa shape index (κ1) is 10.7. The Kier molecular flexibility index (Phi) is 3.90. The average molecular weight is 186 g/mol. The van der Waals surface area contributed by atoms with Crippen LogP contribution in [0.2, 0.25) is 0 Å². The molecule has 0 spiro atoms. The molecular formula is C10H18O3. The van der Waals surface area contributed by atoms with Gasteiger partial charge in [-0.2, -0.15) is 0 Å². The molecule has 0 saturated carbocycles. The molecule has 3 nitrogen and oxygen atoms in total. The highest BCUT2D eigenvalue weighted by Crippen LogP contribution is 2.22. The van der Waals surface area contributed by atoms with Crippen molar-refractivity contribution in [3.05, 3.63) is 12.2 Å². The molecule has 76 valence electrons. The molecule has 3 heteroatoms. The molecule has 0 aromatic heterocycles. The second-order valence-electron chi connectivity index (χ2n) is 3.56. The maximum atomic E-state index is 5.56. The minimum atomic E-state index is -0.436. The maximum absolute atomic E-state index is 5.56. The van der Waals surface area contributed by atoms with Crippen LogP contribution in [0.5, 0.6) is 0 Å². The average Bonchev–Trinajstić information content (AvgIpc) is 2.40. The van der Waals surface area contributed by atoms with E-state index in [1.165, 1.54) is 0 Å². The van der Waals surface area contributed by atoms with Crippen LogP contribution in [0.3, 0.4) is 0 Å². The Morgan fingerprint density at radius 1 is 1.54 bits per heavy atom. The Labute approximate surface area is 79.7 Å². The second-order valence-corrected chi connectivity index (χ2v) is 3.56. The topological polar surface area (TPSA) is 27.7 Å². The third-order valence-corrected chi connectivity index (χ3v) is 1.82. The summed E-state index contributed by atoms with van der Waals surface area (Å²) in [4.78, 5) is 0. The molecular weight excluding hydrogens is 168 g/mol. The molecule has 0 N–H and O–H groups in total. The predicted molar refractivity (Wildman–Crippen MR) is 50.5 cm³/mol. The Hall–Kier alpha value is -0.380. The summed E-state index contributed by atoms with van der Waals surface area (Å²) in [5.74, 6) is -0.436. The smallest absolute Gasteiger partial charge is 0.163 e. The van der Waals surface area contributed by atoms with Gasteiger partial charge in [-0.3, -0.25) is 0 Å². The van der Waals surface area contributed by atoms with E-state index in [9.17, 15) is 0 Å². The second kappa shape index (κ2) is 4.74. The van der Waals surface area contributed by atoms with Crippen LogP contribution < -0.4 is 0 Å². The van der Waals surface area contributed by atoms with Crippen molar-refractivity contribution in [2.45, 2.75) is 32.7 Å². The van der Waals surface area contributed by atoms with Gasteiger partial charge in [-0.05, 0) is 20.8 Å². The number of ether oxygens (including phenoxy) is 3. The molecule has 1 fully saturated rings. The molecule has 0 radical (unpaired) electrons. The summed E-state index contributed by atoms with van der Waals surface area (Å²) in [6.45, 7) is 7.69. The summed E-state index contributed by atoms with van der Waals surface area (Å²) >= 11 is 0. The Morgan fingerprint density at radius 3 is 2.85 bits per heavy atom. The largest absolute Gasteiger partial charge is 0.375 e. The minimum Gasteiger partial charge on any atom is -0.375 e. The van der Waals surface area contributed by atoms with Crippen molar-refractivity contribution in [1.29, 1.82) is 0 Å². The van der Waals surface area contributed by atoms with Gasteiger partial charge in [-0.25, -0.2) is 0 Å². The fraction of sp³-hybridized carbons (Fsp3) is 0.800. The number of hydrogen-bond donors (Lipinski definition) is 0. The van der Waals surface area contributed by atoms with E-state index in [1.807, 2.05) is 32.9 Å². The highest BCUT2D eigenvalue weighted by molar-refractivity contribution is 4.77. The van der Waals surface area contributed by atoms with Gasteiger partial charge in [-0.15, -0.1) is 0 Å². The normalized spacial score (nSPS) is 27.2. The van der Waals surface area contributed by atoms with E-state index in [4.69, 9.17) is 14.2 Å². The molecule has 1 rings (SSSR count). The fourth-order valence-corrected chi connectivity index (χ4v) is 1.21. The first-order valence-electron chi connectivity index (χ1n) is 4.65. The summed E-state index contributed by atoms with van der Waals surface area (Å²) in [6.07, 6.45) is 4.02.